The quantitative estimate of drug-likeness (QED) is 0.843. The summed E-state index contributed by atoms with van der Waals surface area (Å²) in [5.74, 6) is -0.492. The molecule has 1 unspecified atom stereocenters. The zero-order chi connectivity index (χ0) is 15.4. The van der Waals surface area contributed by atoms with Crippen LogP contribution in [0.5, 0.6) is 0 Å². The van der Waals surface area contributed by atoms with Gasteiger partial charge in [0.05, 0.1) is 13.2 Å². The molecule has 1 spiro atoms. The number of likely N-dealkylation sites (tertiary alicyclic amines) is 1. The van der Waals surface area contributed by atoms with Crippen LogP contribution in [-0.2, 0) is 20.8 Å². The Bertz CT molecular complexity index is 499. The van der Waals surface area contributed by atoms with Gasteiger partial charge in [-0.2, -0.15) is 0 Å². The molecule has 1 amide bonds. The first-order valence-corrected chi connectivity index (χ1v) is 7.94. The lowest BCUT2D eigenvalue weighted by Crippen LogP contribution is -2.41. The number of hydrogen-bond donors (Lipinski definition) is 0. The van der Waals surface area contributed by atoms with Crippen LogP contribution in [0, 0.1) is 0 Å². The van der Waals surface area contributed by atoms with E-state index in [9.17, 15) is 4.79 Å². The fourth-order valence-corrected chi connectivity index (χ4v) is 3.23. The zero-order valence-electron chi connectivity index (χ0n) is 13.0. The van der Waals surface area contributed by atoms with E-state index >= 15 is 0 Å². The van der Waals surface area contributed by atoms with Gasteiger partial charge in [-0.25, -0.2) is 4.79 Å². The van der Waals surface area contributed by atoms with E-state index < -0.39 is 5.79 Å². The van der Waals surface area contributed by atoms with Crippen LogP contribution < -0.4 is 0 Å². The third-order valence-electron chi connectivity index (χ3n) is 4.35. The zero-order valence-corrected chi connectivity index (χ0v) is 13.0. The van der Waals surface area contributed by atoms with Crippen LogP contribution in [0.25, 0.3) is 0 Å². The molecule has 1 atom stereocenters. The third-order valence-corrected chi connectivity index (χ3v) is 4.35. The predicted octanol–water partition coefficient (Wildman–Crippen LogP) is 2.94. The third kappa shape index (κ3) is 3.42. The van der Waals surface area contributed by atoms with Crippen molar-refractivity contribution in [1.82, 2.24) is 4.90 Å². The molecule has 0 N–H and O–H groups in total. The monoisotopic (exact) mass is 305 g/mol. The van der Waals surface area contributed by atoms with E-state index in [0.29, 0.717) is 32.8 Å². The number of ether oxygens (including phenoxy) is 3. The number of amides is 1. The van der Waals surface area contributed by atoms with Crippen LogP contribution in [0.4, 0.5) is 4.79 Å². The van der Waals surface area contributed by atoms with Gasteiger partial charge in [0.2, 0.25) is 0 Å². The molecule has 0 bridgehead atoms. The van der Waals surface area contributed by atoms with Gasteiger partial charge in [-0.05, 0) is 18.9 Å². The van der Waals surface area contributed by atoms with Gasteiger partial charge < -0.3 is 19.1 Å². The van der Waals surface area contributed by atoms with Crippen molar-refractivity contribution < 1.29 is 19.0 Å². The first-order chi connectivity index (χ1) is 10.7. The second kappa shape index (κ2) is 6.67. The molecule has 1 aromatic carbocycles. The molecule has 5 nitrogen and oxygen atoms in total. The van der Waals surface area contributed by atoms with Crippen LogP contribution in [0.15, 0.2) is 30.3 Å². The first kappa shape index (κ1) is 15.3. The van der Waals surface area contributed by atoms with Crippen molar-refractivity contribution in [1.29, 1.82) is 0 Å². The highest BCUT2D eigenvalue weighted by atomic mass is 16.7. The van der Waals surface area contributed by atoms with Crippen molar-refractivity contribution in [3.05, 3.63) is 35.9 Å². The minimum absolute atomic E-state index is 0.0453. The number of carbonyl (C=O) groups excluding carboxylic acids is 1. The van der Waals surface area contributed by atoms with Crippen LogP contribution in [0.2, 0.25) is 0 Å². The highest BCUT2D eigenvalue weighted by Crippen LogP contribution is 2.34. The second-order valence-electron chi connectivity index (χ2n) is 6.00. The minimum Gasteiger partial charge on any atom is -0.445 e. The molecule has 0 aromatic heterocycles. The fraction of sp³-hybridized carbons (Fsp3) is 0.588. The van der Waals surface area contributed by atoms with Crippen LogP contribution in [0.3, 0.4) is 0 Å². The van der Waals surface area contributed by atoms with Gasteiger partial charge in [-0.15, -0.1) is 0 Å². The highest BCUT2D eigenvalue weighted by molar-refractivity contribution is 5.68. The average molecular weight is 305 g/mol. The van der Waals surface area contributed by atoms with Gasteiger partial charge >= 0.3 is 6.09 Å². The van der Waals surface area contributed by atoms with Gasteiger partial charge in [0.25, 0.3) is 0 Å². The Morgan fingerprint density at radius 2 is 2.05 bits per heavy atom. The number of benzene rings is 1. The summed E-state index contributed by atoms with van der Waals surface area (Å²) in [6.45, 7) is 4.31. The molecule has 2 heterocycles. The average Bonchev–Trinajstić information content (AvgIpc) is 2.91. The molecule has 2 aliphatic rings. The lowest BCUT2D eigenvalue weighted by Gasteiger charge is -2.30. The largest absolute Gasteiger partial charge is 0.445 e. The highest BCUT2D eigenvalue weighted by Gasteiger charge is 2.42. The van der Waals surface area contributed by atoms with Crippen molar-refractivity contribution in [3.63, 3.8) is 0 Å². The number of nitrogens with zero attached hydrogens (tertiary/aromatic N) is 1. The van der Waals surface area contributed by atoms with E-state index in [-0.39, 0.29) is 12.1 Å². The predicted molar refractivity (Wildman–Crippen MR) is 81.3 cm³/mol. The summed E-state index contributed by atoms with van der Waals surface area (Å²) in [5.41, 5.74) is 0.997. The molecular formula is C17H23NO4. The second-order valence-corrected chi connectivity index (χ2v) is 6.00. The standard InChI is InChI=1S/C17H23NO4/c1-14-12-17(21-10-11-22-17)8-5-9-18(14)16(19)20-13-15-6-3-2-4-7-15/h2-4,6-7,14H,5,8-13H2,1H3. The van der Waals surface area contributed by atoms with Crippen molar-refractivity contribution in [2.75, 3.05) is 19.8 Å². The Morgan fingerprint density at radius 1 is 1.32 bits per heavy atom. The van der Waals surface area contributed by atoms with E-state index in [4.69, 9.17) is 14.2 Å². The van der Waals surface area contributed by atoms with Crippen molar-refractivity contribution >= 4 is 6.09 Å². The Morgan fingerprint density at radius 3 is 2.77 bits per heavy atom. The van der Waals surface area contributed by atoms with Crippen LogP contribution >= 0.6 is 0 Å². The summed E-state index contributed by atoms with van der Waals surface area (Å²) < 4.78 is 17.0. The van der Waals surface area contributed by atoms with Gasteiger partial charge in [0.1, 0.15) is 6.61 Å². The maximum atomic E-state index is 12.4. The maximum Gasteiger partial charge on any atom is 0.410 e. The Hall–Kier alpha value is -1.59. The molecule has 0 radical (unpaired) electrons. The van der Waals surface area contributed by atoms with Gasteiger partial charge in [-0.1, -0.05) is 30.3 Å². The normalized spacial score (nSPS) is 24.2. The SMILES string of the molecule is CC1CC2(CCCN1C(=O)OCc1ccccc1)OCCO2. The maximum absolute atomic E-state index is 12.4. The summed E-state index contributed by atoms with van der Waals surface area (Å²) >= 11 is 0. The Labute approximate surface area is 131 Å². The molecule has 2 aliphatic heterocycles. The summed E-state index contributed by atoms with van der Waals surface area (Å²) in [7, 11) is 0. The summed E-state index contributed by atoms with van der Waals surface area (Å²) in [6.07, 6.45) is 2.14. The van der Waals surface area contributed by atoms with E-state index in [1.165, 1.54) is 0 Å². The summed E-state index contributed by atoms with van der Waals surface area (Å²) in [4.78, 5) is 14.2. The summed E-state index contributed by atoms with van der Waals surface area (Å²) in [6, 6.07) is 9.78. The van der Waals surface area contributed by atoms with E-state index in [2.05, 4.69) is 0 Å². The van der Waals surface area contributed by atoms with Crippen molar-refractivity contribution in [3.8, 4) is 0 Å². The van der Waals surface area contributed by atoms with Crippen molar-refractivity contribution in [2.45, 2.75) is 44.6 Å². The molecule has 22 heavy (non-hydrogen) atoms. The Kier molecular flexibility index (Phi) is 4.64. The lowest BCUT2D eigenvalue weighted by atomic mass is 10.0. The number of hydrogen-bond acceptors (Lipinski definition) is 4. The Balaban J connectivity index is 1.57. The van der Waals surface area contributed by atoms with Crippen molar-refractivity contribution in [2.24, 2.45) is 0 Å². The molecule has 5 heteroatoms. The van der Waals surface area contributed by atoms with E-state index in [1.54, 1.807) is 4.90 Å². The first-order valence-electron chi connectivity index (χ1n) is 7.94. The lowest BCUT2D eigenvalue weighted by molar-refractivity contribution is -0.168. The number of rotatable bonds is 2. The molecular weight excluding hydrogens is 282 g/mol. The smallest absolute Gasteiger partial charge is 0.410 e. The fourth-order valence-electron chi connectivity index (χ4n) is 3.23. The van der Waals surface area contributed by atoms with Gasteiger partial charge in [-0.3, -0.25) is 0 Å². The van der Waals surface area contributed by atoms with Crippen LogP contribution in [0.1, 0.15) is 31.7 Å². The minimum atomic E-state index is -0.492. The van der Waals surface area contributed by atoms with E-state index in [1.807, 2.05) is 37.3 Å². The molecule has 3 rings (SSSR count). The molecule has 2 fully saturated rings. The van der Waals surface area contributed by atoms with Crippen LogP contribution in [-0.4, -0.2) is 42.6 Å². The molecule has 0 aliphatic carbocycles. The topological polar surface area (TPSA) is 48.0 Å². The van der Waals surface area contributed by atoms with Gasteiger partial charge in [0, 0.05) is 25.4 Å². The molecule has 120 valence electrons. The molecule has 0 saturated carbocycles. The number of carbonyl (C=O) groups is 1. The molecule has 1 aromatic rings. The molecule has 2 saturated heterocycles. The van der Waals surface area contributed by atoms with Gasteiger partial charge in [0.15, 0.2) is 5.79 Å². The summed E-state index contributed by atoms with van der Waals surface area (Å²) in [5, 5.41) is 0. The van der Waals surface area contributed by atoms with E-state index in [0.717, 1.165) is 18.4 Å².